The molecule has 1 fully saturated rings. The first kappa shape index (κ1) is 16.8. The van der Waals surface area contributed by atoms with Gasteiger partial charge in [0.05, 0.1) is 0 Å². The Bertz CT molecular complexity index is 340. The number of aliphatic carboxylic acids is 1. The summed E-state index contributed by atoms with van der Waals surface area (Å²) in [6, 6.07) is -0.858. The van der Waals surface area contributed by atoms with Gasteiger partial charge in [-0.15, -0.1) is 0 Å². The number of carboxylic acid groups (broad SMARTS) is 1. The van der Waals surface area contributed by atoms with Gasteiger partial charge in [-0.05, 0) is 39.0 Å². The third-order valence-corrected chi connectivity index (χ3v) is 3.69. The highest BCUT2D eigenvalue weighted by molar-refractivity contribution is 5.80. The molecule has 0 radical (unpaired) electrons. The molecule has 1 amide bonds. The summed E-state index contributed by atoms with van der Waals surface area (Å²) >= 11 is 0. The molecule has 116 valence electrons. The second-order valence-electron chi connectivity index (χ2n) is 6.90. The number of carbonyl (C=O) groups is 2. The topological polar surface area (TPSA) is 75.6 Å². The molecule has 1 aliphatic rings. The molecule has 0 aromatic heterocycles. The molecule has 1 saturated carbocycles. The highest BCUT2D eigenvalue weighted by Crippen LogP contribution is 2.31. The van der Waals surface area contributed by atoms with Crippen molar-refractivity contribution in [3.05, 3.63) is 0 Å². The molecule has 2 N–H and O–H groups in total. The number of amides is 1. The molecule has 0 unspecified atom stereocenters. The third-order valence-electron chi connectivity index (χ3n) is 3.69. The number of nitrogens with one attached hydrogen (secondary N) is 1. The van der Waals surface area contributed by atoms with Crippen molar-refractivity contribution in [2.24, 2.45) is 11.8 Å². The van der Waals surface area contributed by atoms with Crippen LogP contribution in [0.2, 0.25) is 0 Å². The van der Waals surface area contributed by atoms with Crippen molar-refractivity contribution in [1.82, 2.24) is 5.32 Å². The van der Waals surface area contributed by atoms with Crippen LogP contribution in [0.25, 0.3) is 0 Å². The molecule has 20 heavy (non-hydrogen) atoms. The van der Waals surface area contributed by atoms with Gasteiger partial charge in [0.25, 0.3) is 0 Å². The smallest absolute Gasteiger partial charge is 0.408 e. The maximum Gasteiger partial charge on any atom is 0.408 e. The monoisotopic (exact) mass is 285 g/mol. The fourth-order valence-electron chi connectivity index (χ4n) is 2.57. The van der Waals surface area contributed by atoms with Crippen LogP contribution >= 0.6 is 0 Å². The molecule has 0 heterocycles. The molecule has 0 aromatic carbocycles. The average molecular weight is 285 g/mol. The fourth-order valence-corrected chi connectivity index (χ4v) is 2.57. The zero-order valence-electron chi connectivity index (χ0n) is 12.9. The first-order valence-electron chi connectivity index (χ1n) is 7.39. The lowest BCUT2D eigenvalue weighted by atomic mass is 9.80. The van der Waals surface area contributed by atoms with Crippen LogP contribution in [-0.2, 0) is 9.53 Å². The number of alkyl carbamates (subject to hydrolysis) is 1. The van der Waals surface area contributed by atoms with Gasteiger partial charge in [0, 0.05) is 0 Å². The Kier molecular flexibility index (Phi) is 5.84. The average Bonchev–Trinajstić information content (AvgIpc) is 2.28. The first-order valence-corrected chi connectivity index (χ1v) is 7.39. The van der Waals surface area contributed by atoms with Crippen LogP contribution in [-0.4, -0.2) is 28.8 Å². The summed E-state index contributed by atoms with van der Waals surface area (Å²) in [5.41, 5.74) is -0.618. The van der Waals surface area contributed by atoms with E-state index in [2.05, 4.69) is 12.2 Å². The Morgan fingerprint density at radius 2 is 1.80 bits per heavy atom. The summed E-state index contributed by atoms with van der Waals surface area (Å²) in [7, 11) is 0. The van der Waals surface area contributed by atoms with Crippen LogP contribution in [0.3, 0.4) is 0 Å². The van der Waals surface area contributed by atoms with Crippen LogP contribution < -0.4 is 5.32 Å². The largest absolute Gasteiger partial charge is 0.480 e. The minimum atomic E-state index is -0.991. The van der Waals surface area contributed by atoms with Crippen molar-refractivity contribution in [1.29, 1.82) is 0 Å². The van der Waals surface area contributed by atoms with E-state index >= 15 is 0 Å². The predicted molar refractivity (Wildman–Crippen MR) is 76.5 cm³/mol. The van der Waals surface area contributed by atoms with Crippen molar-refractivity contribution in [3.63, 3.8) is 0 Å². The van der Waals surface area contributed by atoms with Gasteiger partial charge in [0.15, 0.2) is 0 Å². The second kappa shape index (κ2) is 6.95. The molecule has 0 bridgehead atoms. The van der Waals surface area contributed by atoms with Crippen molar-refractivity contribution >= 4 is 12.1 Å². The normalized spacial score (nSPS) is 24.8. The van der Waals surface area contributed by atoms with Gasteiger partial charge in [-0.2, -0.15) is 0 Å². The molecular formula is C15H27NO4. The summed E-state index contributed by atoms with van der Waals surface area (Å²) in [5.74, 6) is 0.116. The van der Waals surface area contributed by atoms with Gasteiger partial charge in [-0.3, -0.25) is 0 Å². The van der Waals surface area contributed by atoms with Gasteiger partial charge in [-0.1, -0.05) is 32.6 Å². The molecule has 1 aliphatic carbocycles. The number of hydrogen-bond donors (Lipinski definition) is 2. The maximum absolute atomic E-state index is 11.7. The number of carboxylic acids is 1. The minimum absolute atomic E-state index is 0.377. The van der Waals surface area contributed by atoms with E-state index in [1.807, 2.05) is 0 Å². The Balaban J connectivity index is 2.48. The number of ether oxygens (including phenoxy) is 1. The molecular weight excluding hydrogens is 258 g/mol. The van der Waals surface area contributed by atoms with Gasteiger partial charge in [-0.25, -0.2) is 9.59 Å². The summed E-state index contributed by atoms with van der Waals surface area (Å²) in [6.07, 6.45) is 4.20. The number of hydrogen-bond acceptors (Lipinski definition) is 3. The van der Waals surface area contributed by atoms with Crippen LogP contribution in [0.4, 0.5) is 4.79 Å². The standard InChI is InChI=1S/C15H27NO4/c1-10-5-7-11(8-6-10)9-12(13(17)18)16-14(19)20-15(2,3)4/h10-12H,5-9H2,1-4H3,(H,16,19)(H,17,18)/t10?,11?,12-/m0/s1. The van der Waals surface area contributed by atoms with Crippen LogP contribution in [0.5, 0.6) is 0 Å². The maximum atomic E-state index is 11.7. The lowest BCUT2D eigenvalue weighted by molar-refractivity contribution is -0.140. The van der Waals surface area contributed by atoms with E-state index in [0.717, 1.165) is 31.6 Å². The van der Waals surface area contributed by atoms with E-state index in [-0.39, 0.29) is 0 Å². The van der Waals surface area contributed by atoms with Crippen molar-refractivity contribution in [2.45, 2.75) is 71.4 Å². The number of rotatable bonds is 4. The molecule has 1 rings (SSSR count). The minimum Gasteiger partial charge on any atom is -0.480 e. The SMILES string of the molecule is CC1CCC(C[C@H](NC(=O)OC(C)(C)C)C(=O)O)CC1. The Morgan fingerprint density at radius 3 is 2.25 bits per heavy atom. The van der Waals surface area contributed by atoms with E-state index in [9.17, 15) is 14.7 Å². The van der Waals surface area contributed by atoms with E-state index in [4.69, 9.17) is 4.74 Å². The zero-order valence-corrected chi connectivity index (χ0v) is 12.9. The van der Waals surface area contributed by atoms with Crippen molar-refractivity contribution in [2.75, 3.05) is 0 Å². The van der Waals surface area contributed by atoms with E-state index < -0.39 is 23.7 Å². The highest BCUT2D eigenvalue weighted by atomic mass is 16.6. The number of carbonyl (C=O) groups excluding carboxylic acids is 1. The van der Waals surface area contributed by atoms with Crippen molar-refractivity contribution in [3.8, 4) is 0 Å². The quantitative estimate of drug-likeness (QED) is 0.831. The van der Waals surface area contributed by atoms with Crippen molar-refractivity contribution < 1.29 is 19.4 Å². The molecule has 0 aromatic rings. The van der Waals surface area contributed by atoms with Gasteiger partial charge >= 0.3 is 12.1 Å². The van der Waals surface area contributed by atoms with Crippen LogP contribution in [0.1, 0.15) is 59.8 Å². The van der Waals surface area contributed by atoms with Gasteiger partial charge in [0.2, 0.25) is 0 Å². The summed E-state index contributed by atoms with van der Waals surface area (Å²) in [6.45, 7) is 7.49. The molecule has 0 spiro atoms. The molecule has 0 aliphatic heterocycles. The van der Waals surface area contributed by atoms with E-state index in [1.165, 1.54) is 0 Å². The Labute approximate surface area is 121 Å². The lowest BCUT2D eigenvalue weighted by Gasteiger charge is -2.28. The van der Waals surface area contributed by atoms with E-state index in [0.29, 0.717) is 12.3 Å². The zero-order chi connectivity index (χ0) is 15.3. The molecule has 5 heteroatoms. The summed E-state index contributed by atoms with van der Waals surface area (Å²) in [5, 5.41) is 11.7. The molecule has 1 atom stereocenters. The molecule has 5 nitrogen and oxygen atoms in total. The van der Waals surface area contributed by atoms with Crippen LogP contribution in [0.15, 0.2) is 0 Å². The first-order chi connectivity index (χ1) is 9.17. The van der Waals surface area contributed by atoms with Gasteiger partial charge in [0.1, 0.15) is 11.6 Å². The second-order valence-corrected chi connectivity index (χ2v) is 6.90. The highest BCUT2D eigenvalue weighted by Gasteiger charge is 2.28. The third kappa shape index (κ3) is 6.26. The lowest BCUT2D eigenvalue weighted by Crippen LogP contribution is -2.44. The predicted octanol–water partition coefficient (Wildman–Crippen LogP) is 3.18. The molecule has 0 saturated heterocycles. The van der Waals surface area contributed by atoms with Crippen LogP contribution in [0, 0.1) is 11.8 Å². The van der Waals surface area contributed by atoms with E-state index in [1.54, 1.807) is 20.8 Å². The fraction of sp³-hybridized carbons (Fsp3) is 0.867. The summed E-state index contributed by atoms with van der Waals surface area (Å²) < 4.78 is 5.11. The summed E-state index contributed by atoms with van der Waals surface area (Å²) in [4.78, 5) is 22.9. The Morgan fingerprint density at radius 1 is 1.25 bits per heavy atom. The van der Waals surface area contributed by atoms with Gasteiger partial charge < -0.3 is 15.2 Å². The Hall–Kier alpha value is -1.26.